The van der Waals surface area contributed by atoms with Crippen molar-refractivity contribution in [3.63, 3.8) is 0 Å². The third-order valence-corrected chi connectivity index (χ3v) is 0.758. The fourth-order valence-corrected chi connectivity index (χ4v) is 0.306. The summed E-state index contributed by atoms with van der Waals surface area (Å²) in [5, 5.41) is 8.18. The van der Waals surface area contributed by atoms with Crippen LogP contribution in [0, 0.1) is 11.3 Å². The predicted molar refractivity (Wildman–Crippen MR) is 34.2 cm³/mol. The van der Waals surface area contributed by atoms with Crippen LogP contribution >= 0.6 is 0 Å². The molecule has 0 aliphatic carbocycles. The Morgan fingerprint density at radius 3 is 2.88 bits per heavy atom. The summed E-state index contributed by atoms with van der Waals surface area (Å²) in [4.78, 5) is 0. The Bertz CT molecular complexity index is 137. The third-order valence-electron chi connectivity index (χ3n) is 0.758. The van der Waals surface area contributed by atoms with Crippen molar-refractivity contribution in [1.29, 1.82) is 5.26 Å². The predicted octanol–water partition coefficient (Wildman–Crippen LogP) is 2.03. The van der Waals surface area contributed by atoms with E-state index in [2.05, 4.69) is 6.58 Å². The van der Waals surface area contributed by atoms with E-state index >= 15 is 0 Å². The molecule has 0 atom stereocenters. The molecule has 0 aromatic heterocycles. The van der Waals surface area contributed by atoms with Crippen LogP contribution < -0.4 is 0 Å². The molecule has 0 saturated heterocycles. The summed E-state index contributed by atoms with van der Waals surface area (Å²) in [6.45, 7) is 5.42. The van der Waals surface area contributed by atoms with Crippen molar-refractivity contribution in [1.82, 2.24) is 0 Å². The van der Waals surface area contributed by atoms with Gasteiger partial charge in [-0.05, 0) is 13.3 Å². The quantitative estimate of drug-likeness (QED) is 0.391. The Morgan fingerprint density at radius 1 is 1.88 bits per heavy atom. The first-order chi connectivity index (χ1) is 3.81. The fourth-order valence-electron chi connectivity index (χ4n) is 0.306. The van der Waals surface area contributed by atoms with Gasteiger partial charge in [0.25, 0.3) is 0 Å². The Hall–Kier alpha value is -1.03. The molecule has 0 rings (SSSR count). The van der Waals surface area contributed by atoms with Gasteiger partial charge in [-0.2, -0.15) is 5.26 Å². The van der Waals surface area contributed by atoms with Crippen molar-refractivity contribution in [2.75, 3.05) is 0 Å². The van der Waals surface area contributed by atoms with Crippen molar-refractivity contribution in [2.45, 2.75) is 13.3 Å². The lowest BCUT2D eigenvalue weighted by molar-refractivity contribution is 1.29. The van der Waals surface area contributed by atoms with Crippen molar-refractivity contribution < 1.29 is 0 Å². The second-order valence-electron chi connectivity index (χ2n) is 1.49. The molecule has 0 saturated carbocycles. The third kappa shape index (κ3) is 3.17. The van der Waals surface area contributed by atoms with E-state index in [1.807, 2.05) is 25.1 Å². The number of nitrogens with zero attached hydrogens (tertiary/aromatic N) is 1. The van der Waals surface area contributed by atoms with Crippen LogP contribution in [0.3, 0.4) is 0 Å². The smallest absolute Gasteiger partial charge is 0.0944 e. The summed E-state index contributed by atoms with van der Waals surface area (Å²) in [5.74, 6) is 0. The second-order valence-corrected chi connectivity index (χ2v) is 1.49. The number of rotatable bonds is 2. The minimum Gasteiger partial charge on any atom is -0.193 e. The molecule has 0 radical (unpaired) electrons. The molecular formula is C7H9N. The number of hydrogen-bond donors (Lipinski definition) is 0. The molecule has 1 nitrogen and oxygen atoms in total. The van der Waals surface area contributed by atoms with E-state index in [-0.39, 0.29) is 0 Å². The SMILES string of the molecule is C=C(C#N)C/C=C\C. The Balaban J connectivity index is 3.44. The van der Waals surface area contributed by atoms with Gasteiger partial charge in [-0.25, -0.2) is 0 Å². The molecule has 1 heteroatoms. The number of nitriles is 1. The first-order valence-corrected chi connectivity index (χ1v) is 2.50. The van der Waals surface area contributed by atoms with E-state index in [9.17, 15) is 0 Å². The molecule has 0 N–H and O–H groups in total. The molecule has 0 heterocycles. The molecule has 0 unspecified atom stereocenters. The topological polar surface area (TPSA) is 23.8 Å². The summed E-state index contributed by atoms with van der Waals surface area (Å²) < 4.78 is 0. The maximum absolute atomic E-state index is 8.18. The van der Waals surface area contributed by atoms with Gasteiger partial charge in [0.15, 0.2) is 0 Å². The summed E-state index contributed by atoms with van der Waals surface area (Å²) in [6.07, 6.45) is 4.50. The molecule has 0 aromatic rings. The van der Waals surface area contributed by atoms with Gasteiger partial charge in [0.1, 0.15) is 0 Å². The Labute approximate surface area is 49.9 Å². The average molecular weight is 107 g/mol. The molecule has 0 bridgehead atoms. The van der Waals surface area contributed by atoms with Gasteiger partial charge in [0.05, 0.1) is 6.07 Å². The highest BCUT2D eigenvalue weighted by Crippen LogP contribution is 1.94. The standard InChI is InChI=1S/C7H9N/c1-3-4-5-7(2)6-8/h3-4H,2,5H2,1H3/b4-3-. The fraction of sp³-hybridized carbons (Fsp3) is 0.286. The zero-order valence-corrected chi connectivity index (χ0v) is 5.02. The minimum atomic E-state index is 0.614. The van der Waals surface area contributed by atoms with Gasteiger partial charge in [-0.15, -0.1) is 0 Å². The lowest BCUT2D eigenvalue weighted by Crippen LogP contribution is -1.68. The minimum absolute atomic E-state index is 0.614. The van der Waals surface area contributed by atoms with Crippen molar-refractivity contribution in [3.05, 3.63) is 24.3 Å². The molecule has 0 aliphatic rings. The summed E-state index contributed by atoms with van der Waals surface area (Å²) >= 11 is 0. The Morgan fingerprint density at radius 2 is 2.50 bits per heavy atom. The van der Waals surface area contributed by atoms with E-state index in [4.69, 9.17) is 5.26 Å². The van der Waals surface area contributed by atoms with Gasteiger partial charge in [-0.1, -0.05) is 18.7 Å². The van der Waals surface area contributed by atoms with E-state index in [1.165, 1.54) is 0 Å². The van der Waals surface area contributed by atoms with Crippen molar-refractivity contribution in [2.24, 2.45) is 0 Å². The largest absolute Gasteiger partial charge is 0.193 e. The molecule has 42 valence electrons. The van der Waals surface area contributed by atoms with Crippen LogP contribution in [0.15, 0.2) is 24.3 Å². The van der Waals surface area contributed by atoms with Crippen LogP contribution in [0.25, 0.3) is 0 Å². The molecule has 8 heavy (non-hydrogen) atoms. The van der Waals surface area contributed by atoms with Crippen LogP contribution in [0.4, 0.5) is 0 Å². The summed E-state index contributed by atoms with van der Waals surface area (Å²) in [6, 6.07) is 1.95. The van der Waals surface area contributed by atoms with Crippen LogP contribution in [0.5, 0.6) is 0 Å². The van der Waals surface area contributed by atoms with Gasteiger partial charge in [-0.3, -0.25) is 0 Å². The number of hydrogen-bond acceptors (Lipinski definition) is 1. The zero-order valence-electron chi connectivity index (χ0n) is 5.02. The maximum Gasteiger partial charge on any atom is 0.0944 e. The molecule has 0 fully saturated rings. The van der Waals surface area contributed by atoms with E-state index in [1.54, 1.807) is 0 Å². The van der Waals surface area contributed by atoms with Crippen LogP contribution in [-0.4, -0.2) is 0 Å². The molecular weight excluding hydrogens is 98.1 g/mol. The van der Waals surface area contributed by atoms with Crippen LogP contribution in [0.2, 0.25) is 0 Å². The highest BCUT2D eigenvalue weighted by Gasteiger charge is 1.81. The van der Waals surface area contributed by atoms with Crippen LogP contribution in [0.1, 0.15) is 13.3 Å². The zero-order chi connectivity index (χ0) is 6.41. The average Bonchev–Trinajstić information content (AvgIpc) is 1.83. The van der Waals surface area contributed by atoms with E-state index in [0.717, 1.165) is 0 Å². The van der Waals surface area contributed by atoms with E-state index < -0.39 is 0 Å². The molecule has 0 spiro atoms. The van der Waals surface area contributed by atoms with Gasteiger partial charge in [0.2, 0.25) is 0 Å². The van der Waals surface area contributed by atoms with Gasteiger partial charge >= 0.3 is 0 Å². The lowest BCUT2D eigenvalue weighted by atomic mass is 10.2. The normalized spacial score (nSPS) is 9.00. The second kappa shape index (κ2) is 4.14. The van der Waals surface area contributed by atoms with Gasteiger partial charge < -0.3 is 0 Å². The maximum atomic E-state index is 8.18. The summed E-state index contributed by atoms with van der Waals surface area (Å²) in [7, 11) is 0. The summed E-state index contributed by atoms with van der Waals surface area (Å²) in [5.41, 5.74) is 0.614. The highest BCUT2D eigenvalue weighted by atomic mass is 14.2. The van der Waals surface area contributed by atoms with Crippen LogP contribution in [-0.2, 0) is 0 Å². The monoisotopic (exact) mass is 107 g/mol. The molecule has 0 aromatic carbocycles. The first-order valence-electron chi connectivity index (χ1n) is 2.50. The first kappa shape index (κ1) is 6.97. The number of allylic oxidation sites excluding steroid dienone is 3. The van der Waals surface area contributed by atoms with E-state index in [0.29, 0.717) is 12.0 Å². The van der Waals surface area contributed by atoms with Crippen molar-refractivity contribution in [3.8, 4) is 6.07 Å². The molecule has 0 amide bonds. The lowest BCUT2D eigenvalue weighted by Gasteiger charge is -1.81. The molecule has 0 aliphatic heterocycles. The van der Waals surface area contributed by atoms with Crippen molar-refractivity contribution >= 4 is 0 Å². The Kier molecular flexibility index (Phi) is 3.60. The highest BCUT2D eigenvalue weighted by molar-refractivity contribution is 5.18. The van der Waals surface area contributed by atoms with Gasteiger partial charge in [0, 0.05) is 5.57 Å².